The molecule has 0 fully saturated rings. The van der Waals surface area contributed by atoms with Gasteiger partial charge in [0.15, 0.2) is 0 Å². The van der Waals surface area contributed by atoms with Crippen LogP contribution in [-0.2, 0) is 0 Å². The Morgan fingerprint density at radius 1 is 1.33 bits per heavy atom. The molecule has 0 aliphatic carbocycles. The minimum absolute atomic E-state index is 0.164. The van der Waals surface area contributed by atoms with E-state index < -0.39 is 5.97 Å². The average Bonchev–Trinajstić information content (AvgIpc) is 2.19. The van der Waals surface area contributed by atoms with Gasteiger partial charge in [-0.25, -0.2) is 4.79 Å². The van der Waals surface area contributed by atoms with Crippen LogP contribution in [0.25, 0.3) is 12.2 Å². The summed E-state index contributed by atoms with van der Waals surface area (Å²) in [5, 5.41) is 18.5. The van der Waals surface area contributed by atoms with Gasteiger partial charge in [0, 0.05) is 10.0 Å². The maximum Gasteiger partial charge on any atom is 0.339 e. The third-order valence-corrected chi connectivity index (χ3v) is 2.62. The molecule has 0 spiro atoms. The van der Waals surface area contributed by atoms with Crippen molar-refractivity contribution in [3.8, 4) is 5.75 Å². The summed E-state index contributed by atoms with van der Waals surface area (Å²) in [7, 11) is 0. The molecule has 15 heavy (non-hydrogen) atoms. The van der Waals surface area contributed by atoms with Crippen LogP contribution in [0.3, 0.4) is 0 Å². The predicted molar refractivity (Wildman–Crippen MR) is 62.9 cm³/mol. The predicted octanol–water partition coefficient (Wildman–Crippen LogP) is 3.14. The number of phenols is 1. The normalized spacial score (nSPS) is 9.67. The standard InChI is InChI=1S/C11H9BrO3/c1-3-6-7(4-2)10(13)8(11(14)15)5-9(6)12/h3-5,13H,1-2H2,(H,14,15). The maximum absolute atomic E-state index is 10.8. The van der Waals surface area contributed by atoms with Crippen molar-refractivity contribution in [2.24, 2.45) is 0 Å². The Morgan fingerprint density at radius 2 is 1.87 bits per heavy atom. The van der Waals surface area contributed by atoms with Gasteiger partial charge in [-0.1, -0.05) is 41.2 Å². The largest absolute Gasteiger partial charge is 0.506 e. The fourth-order valence-corrected chi connectivity index (χ4v) is 1.86. The summed E-state index contributed by atoms with van der Waals surface area (Å²) in [6.45, 7) is 7.10. The van der Waals surface area contributed by atoms with E-state index >= 15 is 0 Å². The number of carbonyl (C=O) groups is 1. The molecule has 0 aliphatic heterocycles. The van der Waals surface area contributed by atoms with Crippen molar-refractivity contribution in [1.29, 1.82) is 0 Å². The number of hydrogen-bond donors (Lipinski definition) is 2. The molecule has 0 aliphatic rings. The van der Waals surface area contributed by atoms with E-state index in [1.807, 2.05) is 0 Å². The van der Waals surface area contributed by atoms with Crippen molar-refractivity contribution in [2.75, 3.05) is 0 Å². The Hall–Kier alpha value is -1.55. The number of carboxylic acid groups (broad SMARTS) is 1. The van der Waals surface area contributed by atoms with Crippen LogP contribution in [0.1, 0.15) is 21.5 Å². The fourth-order valence-electron chi connectivity index (χ4n) is 1.25. The number of rotatable bonds is 3. The van der Waals surface area contributed by atoms with Gasteiger partial charge >= 0.3 is 5.97 Å². The number of hydrogen-bond acceptors (Lipinski definition) is 2. The highest BCUT2D eigenvalue weighted by Gasteiger charge is 2.16. The summed E-state index contributed by atoms with van der Waals surface area (Å²) >= 11 is 3.21. The third kappa shape index (κ3) is 1.94. The van der Waals surface area contributed by atoms with Gasteiger partial charge in [0.25, 0.3) is 0 Å². The molecule has 0 amide bonds. The zero-order valence-corrected chi connectivity index (χ0v) is 9.41. The Morgan fingerprint density at radius 3 is 2.27 bits per heavy atom. The molecule has 0 radical (unpaired) electrons. The van der Waals surface area contributed by atoms with Gasteiger partial charge in [-0.2, -0.15) is 0 Å². The number of aromatic hydroxyl groups is 1. The van der Waals surface area contributed by atoms with Gasteiger partial charge < -0.3 is 10.2 Å². The summed E-state index contributed by atoms with van der Waals surface area (Å²) < 4.78 is 0.558. The second-order valence-electron chi connectivity index (χ2n) is 2.80. The van der Waals surface area contributed by atoms with Gasteiger partial charge in [0.1, 0.15) is 11.3 Å². The molecular formula is C11H9BrO3. The Labute approximate surface area is 95.5 Å². The van der Waals surface area contributed by atoms with Crippen molar-refractivity contribution in [3.63, 3.8) is 0 Å². The van der Waals surface area contributed by atoms with Crippen LogP contribution in [0, 0.1) is 0 Å². The summed E-state index contributed by atoms with van der Waals surface area (Å²) in [6.07, 6.45) is 2.91. The fraction of sp³-hybridized carbons (Fsp3) is 0. The van der Waals surface area contributed by atoms with Crippen LogP contribution in [0.4, 0.5) is 0 Å². The van der Waals surface area contributed by atoms with Crippen LogP contribution >= 0.6 is 15.9 Å². The lowest BCUT2D eigenvalue weighted by atomic mass is 10.0. The topological polar surface area (TPSA) is 57.5 Å². The first kappa shape index (κ1) is 11.5. The van der Waals surface area contributed by atoms with E-state index in [0.717, 1.165) is 0 Å². The molecule has 0 heterocycles. The number of halogens is 1. The van der Waals surface area contributed by atoms with E-state index in [0.29, 0.717) is 15.6 Å². The molecule has 0 atom stereocenters. The summed E-state index contributed by atoms with van der Waals surface area (Å²) in [5.74, 6) is -1.48. The summed E-state index contributed by atoms with van der Waals surface area (Å²) in [4.78, 5) is 10.8. The van der Waals surface area contributed by atoms with Gasteiger partial charge in [-0.3, -0.25) is 0 Å². The molecule has 3 nitrogen and oxygen atoms in total. The Kier molecular flexibility index (Phi) is 3.31. The first-order valence-electron chi connectivity index (χ1n) is 4.06. The summed E-state index contributed by atoms with van der Waals surface area (Å²) in [5.41, 5.74) is 0.812. The van der Waals surface area contributed by atoms with E-state index in [-0.39, 0.29) is 11.3 Å². The summed E-state index contributed by atoms with van der Waals surface area (Å²) in [6, 6.07) is 1.34. The first-order valence-corrected chi connectivity index (χ1v) is 4.85. The minimum Gasteiger partial charge on any atom is -0.506 e. The zero-order valence-electron chi connectivity index (χ0n) is 7.83. The second-order valence-corrected chi connectivity index (χ2v) is 3.65. The van der Waals surface area contributed by atoms with Gasteiger partial charge in [0.2, 0.25) is 0 Å². The molecule has 1 rings (SSSR count). The highest BCUT2D eigenvalue weighted by atomic mass is 79.9. The molecule has 1 aromatic carbocycles. The monoisotopic (exact) mass is 268 g/mol. The molecule has 4 heteroatoms. The lowest BCUT2D eigenvalue weighted by Gasteiger charge is -2.09. The highest BCUT2D eigenvalue weighted by molar-refractivity contribution is 9.10. The molecule has 2 N–H and O–H groups in total. The SMILES string of the molecule is C=Cc1c(Br)cc(C(=O)O)c(O)c1C=C. The van der Waals surface area contributed by atoms with Crippen LogP contribution < -0.4 is 0 Å². The van der Waals surface area contributed by atoms with Crippen molar-refractivity contribution < 1.29 is 15.0 Å². The van der Waals surface area contributed by atoms with Gasteiger partial charge in [-0.05, 0) is 11.6 Å². The smallest absolute Gasteiger partial charge is 0.339 e. The van der Waals surface area contributed by atoms with Crippen molar-refractivity contribution >= 4 is 34.1 Å². The van der Waals surface area contributed by atoms with Crippen molar-refractivity contribution in [3.05, 3.63) is 40.4 Å². The van der Waals surface area contributed by atoms with E-state index in [9.17, 15) is 9.90 Å². The molecule has 0 saturated carbocycles. The maximum atomic E-state index is 10.8. The lowest BCUT2D eigenvalue weighted by Crippen LogP contribution is -1.99. The van der Waals surface area contributed by atoms with Crippen LogP contribution in [0.5, 0.6) is 5.75 Å². The minimum atomic E-state index is -1.19. The van der Waals surface area contributed by atoms with Crippen LogP contribution in [0.15, 0.2) is 23.7 Å². The molecule has 0 aromatic heterocycles. The lowest BCUT2D eigenvalue weighted by molar-refractivity contribution is 0.0693. The molecule has 1 aromatic rings. The third-order valence-electron chi connectivity index (χ3n) is 1.97. The van der Waals surface area contributed by atoms with Crippen molar-refractivity contribution in [1.82, 2.24) is 0 Å². The number of carboxylic acids is 1. The van der Waals surface area contributed by atoms with Crippen molar-refractivity contribution in [2.45, 2.75) is 0 Å². The Balaban J connectivity index is 3.65. The number of benzene rings is 1. The highest BCUT2D eigenvalue weighted by Crippen LogP contribution is 2.33. The van der Waals surface area contributed by atoms with E-state index in [2.05, 4.69) is 29.1 Å². The molecule has 0 unspecified atom stereocenters. The molecule has 78 valence electrons. The van der Waals surface area contributed by atoms with Crippen LogP contribution in [-0.4, -0.2) is 16.2 Å². The Bertz CT molecular complexity index is 450. The van der Waals surface area contributed by atoms with E-state index in [1.54, 1.807) is 0 Å². The number of aromatic carboxylic acids is 1. The van der Waals surface area contributed by atoms with Crippen LogP contribution in [0.2, 0.25) is 0 Å². The van der Waals surface area contributed by atoms with E-state index in [1.165, 1.54) is 18.2 Å². The molecule has 0 saturated heterocycles. The van der Waals surface area contributed by atoms with Gasteiger partial charge in [-0.15, -0.1) is 0 Å². The molecule has 0 bridgehead atoms. The first-order chi connectivity index (χ1) is 7.02. The van der Waals surface area contributed by atoms with E-state index in [4.69, 9.17) is 5.11 Å². The zero-order chi connectivity index (χ0) is 11.6. The average molecular weight is 269 g/mol. The van der Waals surface area contributed by atoms with Gasteiger partial charge in [0.05, 0.1) is 0 Å². The molecular weight excluding hydrogens is 260 g/mol. The second kappa shape index (κ2) is 4.31. The quantitative estimate of drug-likeness (QED) is 0.886.